The third-order valence-corrected chi connectivity index (χ3v) is 4.54. The van der Waals surface area contributed by atoms with E-state index in [0.29, 0.717) is 30.7 Å². The number of aromatic nitrogens is 4. The van der Waals surface area contributed by atoms with Gasteiger partial charge in [-0.3, -0.25) is 0 Å². The number of hydrogen-bond donors (Lipinski definition) is 2. The first kappa shape index (κ1) is 22.9. The van der Waals surface area contributed by atoms with Crippen LogP contribution in [-0.2, 0) is 22.6 Å². The Morgan fingerprint density at radius 3 is 2.62 bits per heavy atom. The Bertz CT molecular complexity index is 1030. The van der Waals surface area contributed by atoms with Gasteiger partial charge in [-0.1, -0.05) is 37.3 Å². The molecule has 2 N–H and O–H groups in total. The number of carbonyl (C=O) groups is 2. The van der Waals surface area contributed by atoms with Gasteiger partial charge in [0.2, 0.25) is 5.88 Å². The molecule has 3 aromatic rings. The number of unbranched alkanes of at least 4 members (excludes halogenated alkanes) is 2. The van der Waals surface area contributed by atoms with Crippen molar-refractivity contribution in [2.75, 3.05) is 13.2 Å². The van der Waals surface area contributed by atoms with Gasteiger partial charge in [0.25, 0.3) is 0 Å². The molecule has 3 rings (SSSR count). The Labute approximate surface area is 185 Å². The number of ether oxygens (including phenoxy) is 2. The summed E-state index contributed by atoms with van der Waals surface area (Å²) in [6.07, 6.45) is 3.46. The van der Waals surface area contributed by atoms with Crippen molar-refractivity contribution in [3.05, 3.63) is 48.5 Å². The predicted molar refractivity (Wildman–Crippen MR) is 114 cm³/mol. The van der Waals surface area contributed by atoms with E-state index in [-0.39, 0.29) is 19.1 Å². The first-order valence-corrected chi connectivity index (χ1v) is 10.4. The van der Waals surface area contributed by atoms with E-state index < -0.39 is 12.2 Å². The second-order valence-electron chi connectivity index (χ2n) is 6.87. The smallest absolute Gasteiger partial charge is 0.434 e. The van der Waals surface area contributed by atoms with Gasteiger partial charge in [0, 0.05) is 13.1 Å². The van der Waals surface area contributed by atoms with Gasteiger partial charge in [0.05, 0.1) is 12.9 Å². The van der Waals surface area contributed by atoms with Gasteiger partial charge in [0.15, 0.2) is 11.2 Å². The van der Waals surface area contributed by atoms with E-state index in [4.69, 9.17) is 9.47 Å². The third kappa shape index (κ3) is 6.14. The molecule has 170 valence electrons. The highest BCUT2D eigenvalue weighted by Crippen LogP contribution is 2.18. The standard InChI is InChI=1S/C21H26N6O5/c1-2-25-27(21(30)32-13-16-9-5-3-6-10-16)20(29)31-12-8-4-7-11-26-15-24-17-18(26)22-14-23-19(17)28/h3,5-6,9-10,14-15,25H,2,4,7-8,11-13H2,1H3,(H,22,23,28). The number of amides is 2. The number of imidazole rings is 1. The number of nitrogens with one attached hydrogen (secondary N) is 1. The highest BCUT2D eigenvalue weighted by molar-refractivity contribution is 5.87. The summed E-state index contributed by atoms with van der Waals surface area (Å²) < 4.78 is 12.2. The first-order chi connectivity index (χ1) is 15.6. The first-order valence-electron chi connectivity index (χ1n) is 10.4. The van der Waals surface area contributed by atoms with Crippen molar-refractivity contribution in [3.63, 3.8) is 0 Å². The third-order valence-electron chi connectivity index (χ3n) is 4.54. The SMILES string of the molecule is CCNN(C(=O)OCCCCCn1cnc2c(O)ncnc21)C(=O)OCc1ccccc1. The molecule has 1 aromatic carbocycles. The predicted octanol–water partition coefficient (Wildman–Crippen LogP) is 3.00. The normalized spacial score (nSPS) is 10.8. The zero-order valence-electron chi connectivity index (χ0n) is 17.8. The minimum atomic E-state index is -0.821. The molecule has 11 nitrogen and oxygen atoms in total. The van der Waals surface area contributed by atoms with E-state index in [9.17, 15) is 14.7 Å². The molecule has 0 saturated heterocycles. The van der Waals surface area contributed by atoms with Crippen molar-refractivity contribution in [1.29, 1.82) is 0 Å². The molecule has 2 aromatic heterocycles. The van der Waals surface area contributed by atoms with E-state index in [0.717, 1.165) is 23.4 Å². The van der Waals surface area contributed by atoms with Crippen LogP contribution >= 0.6 is 0 Å². The molecular weight excluding hydrogens is 416 g/mol. The van der Waals surface area contributed by atoms with Crippen molar-refractivity contribution in [3.8, 4) is 5.88 Å². The number of hydrogen-bond acceptors (Lipinski definition) is 9. The van der Waals surface area contributed by atoms with E-state index in [1.165, 1.54) is 6.33 Å². The topological polar surface area (TPSA) is 132 Å². The molecule has 2 heterocycles. The maximum Gasteiger partial charge on any atom is 0.434 e. The lowest BCUT2D eigenvalue weighted by Gasteiger charge is -2.19. The highest BCUT2D eigenvalue weighted by Gasteiger charge is 2.24. The molecule has 0 bridgehead atoms. The van der Waals surface area contributed by atoms with E-state index >= 15 is 0 Å². The van der Waals surface area contributed by atoms with Crippen LogP contribution in [0, 0.1) is 0 Å². The Morgan fingerprint density at radius 1 is 1.06 bits per heavy atom. The fourth-order valence-electron chi connectivity index (χ4n) is 2.96. The van der Waals surface area contributed by atoms with Crippen LogP contribution in [0.2, 0.25) is 0 Å². The summed E-state index contributed by atoms with van der Waals surface area (Å²) in [6, 6.07) is 9.19. The zero-order valence-corrected chi connectivity index (χ0v) is 17.8. The Morgan fingerprint density at radius 2 is 1.84 bits per heavy atom. The second kappa shape index (κ2) is 11.6. The molecule has 0 saturated carbocycles. The van der Waals surface area contributed by atoms with E-state index in [2.05, 4.69) is 20.4 Å². The maximum atomic E-state index is 12.3. The molecule has 0 fully saturated rings. The number of fused-ring (bicyclic) bond motifs is 1. The molecule has 0 aliphatic carbocycles. The fourth-order valence-corrected chi connectivity index (χ4v) is 2.96. The van der Waals surface area contributed by atoms with Gasteiger partial charge in [-0.2, -0.15) is 4.98 Å². The van der Waals surface area contributed by atoms with Gasteiger partial charge >= 0.3 is 12.2 Å². The lowest BCUT2D eigenvalue weighted by molar-refractivity contribution is 0.0564. The minimum absolute atomic E-state index is 0.0560. The van der Waals surface area contributed by atoms with E-state index in [1.807, 2.05) is 34.9 Å². The molecule has 0 unspecified atom stereocenters. The quantitative estimate of drug-likeness (QED) is 0.359. The molecule has 0 aliphatic heterocycles. The number of carbonyl (C=O) groups excluding carboxylic acids is 2. The van der Waals surface area contributed by atoms with Crippen LogP contribution in [0.15, 0.2) is 43.0 Å². The summed E-state index contributed by atoms with van der Waals surface area (Å²) in [7, 11) is 0. The fraction of sp³-hybridized carbons (Fsp3) is 0.381. The molecule has 0 spiro atoms. The van der Waals surface area contributed by atoms with Crippen LogP contribution in [-0.4, -0.2) is 55.0 Å². The summed E-state index contributed by atoms with van der Waals surface area (Å²) in [5.74, 6) is -0.145. The van der Waals surface area contributed by atoms with Gasteiger partial charge in [-0.25, -0.2) is 25.0 Å². The van der Waals surface area contributed by atoms with Crippen LogP contribution in [0.5, 0.6) is 5.88 Å². The average molecular weight is 442 g/mol. The van der Waals surface area contributed by atoms with Crippen LogP contribution in [0.4, 0.5) is 9.59 Å². The summed E-state index contributed by atoms with van der Waals surface area (Å²) in [5, 5.41) is 10.4. The van der Waals surface area contributed by atoms with Gasteiger partial charge < -0.3 is 19.1 Å². The van der Waals surface area contributed by atoms with E-state index in [1.54, 1.807) is 13.3 Å². The number of hydrazine groups is 1. The van der Waals surface area contributed by atoms with Crippen molar-refractivity contribution in [1.82, 2.24) is 30.0 Å². The molecular formula is C21H26N6O5. The number of benzene rings is 1. The lowest BCUT2D eigenvalue weighted by atomic mass is 10.2. The molecule has 0 atom stereocenters. The molecule has 32 heavy (non-hydrogen) atoms. The van der Waals surface area contributed by atoms with Crippen LogP contribution in [0.25, 0.3) is 11.2 Å². The Balaban J connectivity index is 1.38. The van der Waals surface area contributed by atoms with Crippen molar-refractivity contribution in [2.24, 2.45) is 0 Å². The number of aromatic hydroxyl groups is 1. The van der Waals surface area contributed by atoms with Crippen molar-refractivity contribution < 1.29 is 24.2 Å². The molecule has 11 heteroatoms. The van der Waals surface area contributed by atoms with Crippen molar-refractivity contribution >= 4 is 23.4 Å². The number of rotatable bonds is 10. The monoisotopic (exact) mass is 442 g/mol. The molecule has 2 amide bonds. The Hall–Kier alpha value is -3.73. The largest absolute Gasteiger partial charge is 0.492 e. The number of imide groups is 1. The van der Waals surface area contributed by atoms with Gasteiger partial charge in [-0.15, -0.1) is 5.01 Å². The van der Waals surface area contributed by atoms with Crippen LogP contribution in [0.3, 0.4) is 0 Å². The average Bonchev–Trinajstić information content (AvgIpc) is 3.23. The highest BCUT2D eigenvalue weighted by atomic mass is 16.6. The Kier molecular flexibility index (Phi) is 8.32. The van der Waals surface area contributed by atoms with Crippen LogP contribution in [0.1, 0.15) is 31.7 Å². The summed E-state index contributed by atoms with van der Waals surface area (Å²) in [6.45, 7) is 2.99. The zero-order chi connectivity index (χ0) is 22.8. The maximum absolute atomic E-state index is 12.3. The minimum Gasteiger partial charge on any atom is -0.492 e. The van der Waals surface area contributed by atoms with Gasteiger partial charge in [0.1, 0.15) is 12.9 Å². The van der Waals surface area contributed by atoms with Crippen LogP contribution < -0.4 is 5.43 Å². The van der Waals surface area contributed by atoms with Gasteiger partial charge in [-0.05, 0) is 24.8 Å². The molecule has 0 aliphatic rings. The second-order valence-corrected chi connectivity index (χ2v) is 6.87. The summed E-state index contributed by atoms with van der Waals surface area (Å²) in [5.41, 5.74) is 4.40. The number of nitrogens with zero attached hydrogens (tertiary/aromatic N) is 5. The summed E-state index contributed by atoms with van der Waals surface area (Å²) >= 11 is 0. The lowest BCUT2D eigenvalue weighted by Crippen LogP contribution is -2.47. The molecule has 0 radical (unpaired) electrons. The van der Waals surface area contributed by atoms with Crippen molar-refractivity contribution in [2.45, 2.75) is 39.3 Å². The summed E-state index contributed by atoms with van der Waals surface area (Å²) in [4.78, 5) is 36.5. The number of aryl methyl sites for hydroxylation is 1.